The van der Waals surface area contributed by atoms with Crippen LogP contribution >= 0.6 is 0 Å². The van der Waals surface area contributed by atoms with Crippen molar-refractivity contribution in [3.8, 4) is 0 Å². The third-order valence-electron chi connectivity index (χ3n) is 9.87. The maximum absolute atomic E-state index is 15.0. The first kappa shape index (κ1) is 32.7. The molecule has 0 aromatic heterocycles. The number of aliphatic hydroxyl groups is 1. The van der Waals surface area contributed by atoms with Crippen LogP contribution in [0.1, 0.15) is 55.4 Å². The van der Waals surface area contributed by atoms with Crippen LogP contribution < -0.4 is 10.2 Å². The Balaban J connectivity index is 1.46. The van der Waals surface area contributed by atoms with E-state index in [1.54, 1.807) is 28.9 Å². The molecule has 248 valence electrons. The van der Waals surface area contributed by atoms with Gasteiger partial charge in [-0.25, -0.2) is 0 Å². The molecule has 4 aliphatic heterocycles. The van der Waals surface area contributed by atoms with E-state index in [2.05, 4.69) is 5.32 Å². The lowest BCUT2D eigenvalue weighted by Crippen LogP contribution is -2.56. The second kappa shape index (κ2) is 13.4. The number of aliphatic hydroxyl groups excluding tert-OH is 1. The molecule has 1 spiro atoms. The van der Waals surface area contributed by atoms with Crippen LogP contribution in [0.2, 0.25) is 0 Å². The lowest BCUT2D eigenvalue weighted by atomic mass is 9.74. The Labute approximate surface area is 275 Å². The summed E-state index contributed by atoms with van der Waals surface area (Å²) in [6, 6.07) is 13.5. The van der Waals surface area contributed by atoms with Gasteiger partial charge in [0.15, 0.2) is 0 Å². The number of esters is 1. The predicted molar refractivity (Wildman–Crippen MR) is 175 cm³/mol. The fourth-order valence-electron chi connectivity index (χ4n) is 7.74. The fourth-order valence-corrected chi connectivity index (χ4v) is 7.74. The molecule has 2 aromatic carbocycles. The quantitative estimate of drug-likeness (QED) is 0.280. The van der Waals surface area contributed by atoms with Crippen LogP contribution in [-0.4, -0.2) is 77.2 Å². The summed E-state index contributed by atoms with van der Waals surface area (Å²) in [5, 5.41) is 12.5. The number of likely N-dealkylation sites (tertiary alicyclic amines) is 1. The summed E-state index contributed by atoms with van der Waals surface area (Å²) in [4.78, 5) is 59.9. The number of rotatable bonds is 6. The number of amides is 3. The Bertz CT molecular complexity index is 1570. The van der Waals surface area contributed by atoms with Crippen LogP contribution in [0.3, 0.4) is 0 Å². The van der Waals surface area contributed by atoms with E-state index in [1.165, 1.54) is 0 Å². The van der Waals surface area contributed by atoms with Crippen molar-refractivity contribution >= 4 is 29.4 Å². The first-order valence-electron chi connectivity index (χ1n) is 16.5. The van der Waals surface area contributed by atoms with Crippen LogP contribution in [0.4, 0.5) is 5.69 Å². The average Bonchev–Trinajstić information content (AvgIpc) is 3.69. The highest BCUT2D eigenvalue weighted by Gasteiger charge is 2.73. The maximum atomic E-state index is 15.0. The van der Waals surface area contributed by atoms with Crippen molar-refractivity contribution in [3.63, 3.8) is 0 Å². The molecule has 5 bridgehead atoms. The number of carbonyl (C=O) groups excluding carboxylic acids is 4. The number of cyclic esters (lactones) is 1. The van der Waals surface area contributed by atoms with Crippen molar-refractivity contribution in [3.05, 3.63) is 89.5 Å². The first-order valence-corrected chi connectivity index (χ1v) is 16.5. The molecule has 4 heterocycles. The molecular formula is C37H43N3O7. The molecule has 7 atom stereocenters. The topological polar surface area (TPSA) is 125 Å². The molecule has 0 radical (unpaired) electrons. The van der Waals surface area contributed by atoms with Gasteiger partial charge in [0.2, 0.25) is 11.8 Å². The van der Waals surface area contributed by atoms with Crippen LogP contribution in [0.25, 0.3) is 0 Å². The van der Waals surface area contributed by atoms with Gasteiger partial charge in [-0.15, -0.1) is 0 Å². The number of unbranched alkanes of at least 4 members (excludes halogenated alkanes) is 1. The largest absolute Gasteiger partial charge is 0.455 e. The number of fused-ring (bicyclic) bond motifs is 2. The summed E-state index contributed by atoms with van der Waals surface area (Å²) in [6.45, 7) is 6.08. The third-order valence-corrected chi connectivity index (χ3v) is 9.87. The predicted octanol–water partition coefficient (Wildman–Crippen LogP) is 3.70. The number of hydrogen-bond acceptors (Lipinski definition) is 7. The zero-order chi connectivity index (χ0) is 33.3. The van der Waals surface area contributed by atoms with E-state index < -0.39 is 47.7 Å². The minimum atomic E-state index is -1.36. The second-order valence-electron chi connectivity index (χ2n) is 13.0. The third kappa shape index (κ3) is 5.89. The van der Waals surface area contributed by atoms with Crippen molar-refractivity contribution in [1.82, 2.24) is 10.2 Å². The van der Waals surface area contributed by atoms with Crippen molar-refractivity contribution in [2.45, 2.75) is 76.3 Å². The molecule has 0 unspecified atom stereocenters. The number of carbonyl (C=O) groups is 4. The van der Waals surface area contributed by atoms with E-state index in [0.29, 0.717) is 24.8 Å². The van der Waals surface area contributed by atoms with Crippen LogP contribution in [0.5, 0.6) is 0 Å². The van der Waals surface area contributed by atoms with Crippen LogP contribution in [-0.2, 0) is 28.7 Å². The second-order valence-corrected chi connectivity index (χ2v) is 13.0. The highest BCUT2D eigenvalue weighted by Crippen LogP contribution is 2.56. The summed E-state index contributed by atoms with van der Waals surface area (Å²) >= 11 is 0. The molecule has 3 amide bonds. The van der Waals surface area contributed by atoms with E-state index >= 15 is 0 Å². The average molecular weight is 642 g/mol. The summed E-state index contributed by atoms with van der Waals surface area (Å²) < 4.78 is 12.8. The Kier molecular flexibility index (Phi) is 9.34. The van der Waals surface area contributed by atoms with E-state index in [9.17, 15) is 24.3 Å². The summed E-state index contributed by atoms with van der Waals surface area (Å²) in [6.07, 6.45) is 7.37. The molecule has 0 saturated carbocycles. The van der Waals surface area contributed by atoms with Gasteiger partial charge < -0.3 is 29.7 Å². The van der Waals surface area contributed by atoms with Gasteiger partial charge in [-0.3, -0.25) is 19.2 Å². The fraction of sp³-hybridized carbons (Fsp3) is 0.459. The number of aryl methyl sites for hydroxylation is 2. The van der Waals surface area contributed by atoms with Gasteiger partial charge >= 0.3 is 5.97 Å². The molecule has 2 saturated heterocycles. The maximum Gasteiger partial charge on any atom is 0.313 e. The number of benzene rings is 2. The Hall–Kier alpha value is -4.28. The summed E-state index contributed by atoms with van der Waals surface area (Å²) in [7, 11) is 0. The van der Waals surface area contributed by atoms with Crippen molar-refractivity contribution in [2.24, 2.45) is 11.8 Å². The molecule has 10 nitrogen and oxygen atoms in total. The monoisotopic (exact) mass is 641 g/mol. The lowest BCUT2D eigenvalue weighted by Gasteiger charge is -2.36. The van der Waals surface area contributed by atoms with E-state index in [-0.39, 0.29) is 43.8 Å². The normalized spacial score (nSPS) is 31.6. The van der Waals surface area contributed by atoms with Gasteiger partial charge in [0.05, 0.1) is 18.1 Å². The van der Waals surface area contributed by atoms with Crippen LogP contribution in [0.15, 0.2) is 72.8 Å². The van der Waals surface area contributed by atoms with Gasteiger partial charge in [-0.05, 0) is 56.7 Å². The number of nitrogens with one attached hydrogen (secondary N) is 1. The molecule has 0 aliphatic carbocycles. The molecular weight excluding hydrogens is 598 g/mol. The van der Waals surface area contributed by atoms with Crippen molar-refractivity contribution in [2.75, 3.05) is 24.6 Å². The van der Waals surface area contributed by atoms with Gasteiger partial charge in [0, 0.05) is 31.8 Å². The standard InChI is InChI=1S/C37H43N3O7/c1-23-13-12-14-24(2)31(23)39-20-9-5-8-17-28(42)38-25(3)32(26-15-6-4-7-16-26)46-36(45)29-27-18-19-37(47-27)30(29)34(43)40(21-10-11-22-41)33(37)35(39)44/h4-7,9,12-16,18-19,25,27,29-30,32-33,41H,8,10-11,17,20-22H2,1-3H3,(H,38,42)/b9-5-/t25-,27+,29-,30-,32+,33+,37-/m1/s1. The Morgan fingerprint density at radius 2 is 1.70 bits per heavy atom. The zero-order valence-electron chi connectivity index (χ0n) is 27.1. The SMILES string of the molecule is Cc1cccc(C)c1N1C/C=C\CCC(=O)N[C@H](C)[C@@H](c2ccccc2)OC(=O)[C@@H]2[C@@H]3C=C[C@]4(O3)[C@H](C1=O)N(CCCCO)C(=O)[C@@H]24. The van der Waals surface area contributed by atoms with Crippen LogP contribution in [0, 0.1) is 25.7 Å². The minimum absolute atomic E-state index is 0.0441. The molecule has 2 aromatic rings. The Morgan fingerprint density at radius 3 is 2.43 bits per heavy atom. The first-order chi connectivity index (χ1) is 22.7. The molecule has 2 N–H and O–H groups in total. The number of anilines is 1. The van der Waals surface area contributed by atoms with Gasteiger partial charge in [-0.1, -0.05) is 72.8 Å². The van der Waals surface area contributed by atoms with E-state index in [4.69, 9.17) is 9.47 Å². The van der Waals surface area contributed by atoms with Crippen molar-refractivity contribution < 1.29 is 33.8 Å². The molecule has 4 aliphatic rings. The van der Waals surface area contributed by atoms with E-state index in [1.807, 2.05) is 74.5 Å². The lowest BCUT2D eigenvalue weighted by molar-refractivity contribution is -0.161. The van der Waals surface area contributed by atoms with Crippen molar-refractivity contribution in [1.29, 1.82) is 0 Å². The van der Waals surface area contributed by atoms with E-state index in [0.717, 1.165) is 16.8 Å². The summed E-state index contributed by atoms with van der Waals surface area (Å²) in [5.74, 6) is -3.42. The highest BCUT2D eigenvalue weighted by molar-refractivity contribution is 6.06. The minimum Gasteiger partial charge on any atom is -0.455 e. The molecule has 47 heavy (non-hydrogen) atoms. The summed E-state index contributed by atoms with van der Waals surface area (Å²) in [5.41, 5.74) is 1.89. The van der Waals surface area contributed by atoms with Gasteiger partial charge in [0.1, 0.15) is 23.7 Å². The Morgan fingerprint density at radius 1 is 0.957 bits per heavy atom. The molecule has 6 rings (SSSR count). The highest BCUT2D eigenvalue weighted by atomic mass is 16.6. The van der Waals surface area contributed by atoms with Gasteiger partial charge in [0.25, 0.3) is 5.91 Å². The number of nitrogens with zero attached hydrogens (tertiary/aromatic N) is 2. The van der Waals surface area contributed by atoms with Gasteiger partial charge in [-0.2, -0.15) is 0 Å². The number of para-hydroxylation sites is 1. The molecule has 10 heteroatoms. The molecule has 2 fully saturated rings. The zero-order valence-corrected chi connectivity index (χ0v) is 27.1. The smallest absolute Gasteiger partial charge is 0.313 e. The number of hydrogen-bond donors (Lipinski definition) is 2. The number of allylic oxidation sites excluding steroid dienone is 1. The number of ether oxygens (including phenoxy) is 2.